The van der Waals surface area contributed by atoms with Crippen molar-refractivity contribution in [2.75, 3.05) is 13.2 Å². The fraction of sp³-hybridized carbons (Fsp3) is 0.167. The van der Waals surface area contributed by atoms with E-state index in [-0.39, 0.29) is 19.1 Å². The van der Waals surface area contributed by atoms with Gasteiger partial charge in [0.15, 0.2) is 6.61 Å². The number of carbonyl (C=O) groups is 1. The lowest BCUT2D eigenvalue weighted by atomic mass is 10.2. The first kappa shape index (κ1) is 15.5. The van der Waals surface area contributed by atoms with Gasteiger partial charge in [-0.15, -0.1) is 6.42 Å². The van der Waals surface area contributed by atoms with Crippen LogP contribution in [0.15, 0.2) is 48.5 Å². The Hall–Kier alpha value is -2.93. The molecule has 1 amide bonds. The van der Waals surface area contributed by atoms with Gasteiger partial charge in [0.25, 0.3) is 5.91 Å². The van der Waals surface area contributed by atoms with E-state index in [2.05, 4.69) is 11.2 Å². The van der Waals surface area contributed by atoms with E-state index in [0.29, 0.717) is 11.5 Å². The summed E-state index contributed by atoms with van der Waals surface area (Å²) >= 11 is 0. The summed E-state index contributed by atoms with van der Waals surface area (Å²) in [6.07, 6.45) is 5.05. The Morgan fingerprint density at radius 3 is 2.18 bits per heavy atom. The van der Waals surface area contributed by atoms with Crippen LogP contribution in [0.2, 0.25) is 0 Å². The highest BCUT2D eigenvalue weighted by Gasteiger charge is 2.02. The zero-order chi connectivity index (χ0) is 15.8. The van der Waals surface area contributed by atoms with Crippen molar-refractivity contribution < 1.29 is 14.3 Å². The summed E-state index contributed by atoms with van der Waals surface area (Å²) in [7, 11) is 0. The van der Waals surface area contributed by atoms with Gasteiger partial charge < -0.3 is 14.8 Å². The quantitative estimate of drug-likeness (QED) is 0.834. The second-order valence-electron chi connectivity index (χ2n) is 4.66. The number of carbonyl (C=O) groups excluding carboxylic acids is 1. The van der Waals surface area contributed by atoms with Crippen LogP contribution in [0.1, 0.15) is 5.56 Å². The third kappa shape index (κ3) is 4.88. The molecular weight excluding hydrogens is 278 g/mol. The van der Waals surface area contributed by atoms with E-state index in [1.807, 2.05) is 31.2 Å². The molecule has 2 aromatic rings. The summed E-state index contributed by atoms with van der Waals surface area (Å²) < 4.78 is 11.1. The monoisotopic (exact) mass is 295 g/mol. The maximum atomic E-state index is 11.4. The molecule has 0 atom stereocenters. The van der Waals surface area contributed by atoms with E-state index in [0.717, 1.165) is 5.75 Å². The van der Waals surface area contributed by atoms with E-state index in [1.54, 1.807) is 24.3 Å². The van der Waals surface area contributed by atoms with Crippen LogP contribution in [0.3, 0.4) is 0 Å². The molecule has 0 saturated heterocycles. The zero-order valence-corrected chi connectivity index (χ0v) is 12.3. The zero-order valence-electron chi connectivity index (χ0n) is 12.3. The van der Waals surface area contributed by atoms with Crippen molar-refractivity contribution in [2.45, 2.75) is 6.92 Å². The molecule has 22 heavy (non-hydrogen) atoms. The lowest BCUT2D eigenvalue weighted by molar-refractivity contribution is -0.122. The van der Waals surface area contributed by atoms with Crippen LogP contribution in [0.25, 0.3) is 0 Å². The molecule has 0 bridgehead atoms. The van der Waals surface area contributed by atoms with Gasteiger partial charge in [0.1, 0.15) is 17.2 Å². The first-order valence-corrected chi connectivity index (χ1v) is 6.85. The summed E-state index contributed by atoms with van der Waals surface area (Å²) in [5.41, 5.74) is 1.18. The molecule has 4 heteroatoms. The average Bonchev–Trinajstić information content (AvgIpc) is 2.54. The van der Waals surface area contributed by atoms with Crippen LogP contribution < -0.4 is 14.8 Å². The number of terminal acetylenes is 1. The number of amides is 1. The molecule has 112 valence electrons. The third-order valence-corrected chi connectivity index (χ3v) is 2.84. The Labute approximate surface area is 130 Å². The average molecular weight is 295 g/mol. The predicted octanol–water partition coefficient (Wildman–Crippen LogP) is 2.92. The maximum absolute atomic E-state index is 11.4. The van der Waals surface area contributed by atoms with E-state index in [1.165, 1.54) is 5.56 Å². The van der Waals surface area contributed by atoms with Crippen molar-refractivity contribution in [3.63, 3.8) is 0 Å². The normalized spacial score (nSPS) is 9.64. The molecule has 0 aliphatic rings. The summed E-state index contributed by atoms with van der Waals surface area (Å²) in [6, 6.07) is 14.9. The van der Waals surface area contributed by atoms with Crippen molar-refractivity contribution in [1.82, 2.24) is 5.32 Å². The lowest BCUT2D eigenvalue weighted by Crippen LogP contribution is -2.28. The second kappa shape index (κ2) is 7.75. The molecule has 0 unspecified atom stereocenters. The Kier molecular flexibility index (Phi) is 5.44. The van der Waals surface area contributed by atoms with Crippen LogP contribution in [-0.2, 0) is 4.79 Å². The van der Waals surface area contributed by atoms with Gasteiger partial charge in [-0.1, -0.05) is 23.6 Å². The number of nitrogens with one attached hydrogen (secondary N) is 1. The number of hydrogen-bond acceptors (Lipinski definition) is 3. The predicted molar refractivity (Wildman–Crippen MR) is 85.0 cm³/mol. The largest absolute Gasteiger partial charge is 0.484 e. The SMILES string of the molecule is C#CCNC(=O)COc1ccc(Oc2ccc(C)cc2)cc1. The van der Waals surface area contributed by atoms with Crippen LogP contribution in [-0.4, -0.2) is 19.1 Å². The summed E-state index contributed by atoms with van der Waals surface area (Å²) in [6.45, 7) is 2.15. The van der Waals surface area contributed by atoms with Gasteiger partial charge in [0, 0.05) is 0 Å². The molecule has 2 aromatic carbocycles. The Morgan fingerprint density at radius 2 is 1.59 bits per heavy atom. The van der Waals surface area contributed by atoms with Gasteiger partial charge in [-0.2, -0.15) is 0 Å². The van der Waals surface area contributed by atoms with Gasteiger partial charge in [0.05, 0.1) is 6.54 Å². The number of benzene rings is 2. The summed E-state index contributed by atoms with van der Waals surface area (Å²) in [4.78, 5) is 11.4. The fourth-order valence-electron chi connectivity index (χ4n) is 1.70. The molecule has 4 nitrogen and oxygen atoms in total. The number of ether oxygens (including phenoxy) is 2. The van der Waals surface area contributed by atoms with Crippen molar-refractivity contribution in [2.24, 2.45) is 0 Å². The molecule has 0 fully saturated rings. The highest BCUT2D eigenvalue weighted by Crippen LogP contribution is 2.23. The van der Waals surface area contributed by atoms with E-state index in [9.17, 15) is 4.79 Å². The second-order valence-corrected chi connectivity index (χ2v) is 4.66. The molecule has 2 rings (SSSR count). The highest BCUT2D eigenvalue weighted by atomic mass is 16.5. The molecule has 0 aromatic heterocycles. The van der Waals surface area contributed by atoms with Crippen LogP contribution in [0, 0.1) is 19.3 Å². The van der Waals surface area contributed by atoms with Crippen LogP contribution in [0.4, 0.5) is 0 Å². The molecule has 0 spiro atoms. The first-order chi connectivity index (χ1) is 10.7. The Balaban J connectivity index is 1.86. The van der Waals surface area contributed by atoms with Crippen molar-refractivity contribution in [3.8, 4) is 29.6 Å². The maximum Gasteiger partial charge on any atom is 0.258 e. The minimum Gasteiger partial charge on any atom is -0.484 e. The van der Waals surface area contributed by atoms with E-state index >= 15 is 0 Å². The lowest BCUT2D eigenvalue weighted by Gasteiger charge is -2.08. The smallest absolute Gasteiger partial charge is 0.258 e. The number of rotatable bonds is 6. The number of aryl methyl sites for hydroxylation is 1. The molecular formula is C18H17NO3. The van der Waals surface area contributed by atoms with Crippen LogP contribution >= 0.6 is 0 Å². The first-order valence-electron chi connectivity index (χ1n) is 6.85. The third-order valence-electron chi connectivity index (χ3n) is 2.84. The standard InChI is InChI=1S/C18H17NO3/c1-3-12-19-18(20)13-21-15-8-10-17(11-9-15)22-16-6-4-14(2)5-7-16/h1,4-11H,12-13H2,2H3,(H,19,20). The Bertz CT molecular complexity index is 654. The van der Waals surface area contributed by atoms with Crippen molar-refractivity contribution >= 4 is 5.91 Å². The molecule has 0 heterocycles. The minimum atomic E-state index is -0.252. The minimum absolute atomic E-state index is 0.0696. The summed E-state index contributed by atoms with van der Waals surface area (Å²) in [5, 5.41) is 2.53. The molecule has 0 aliphatic carbocycles. The van der Waals surface area contributed by atoms with Gasteiger partial charge in [-0.3, -0.25) is 4.79 Å². The van der Waals surface area contributed by atoms with E-state index in [4.69, 9.17) is 15.9 Å². The number of hydrogen-bond donors (Lipinski definition) is 1. The van der Waals surface area contributed by atoms with Gasteiger partial charge in [0.2, 0.25) is 0 Å². The molecule has 0 saturated carbocycles. The topological polar surface area (TPSA) is 47.6 Å². The summed E-state index contributed by atoms with van der Waals surface area (Å²) in [5.74, 6) is 4.14. The van der Waals surface area contributed by atoms with Crippen LogP contribution in [0.5, 0.6) is 17.2 Å². The van der Waals surface area contributed by atoms with Gasteiger partial charge in [-0.05, 0) is 43.3 Å². The molecule has 0 radical (unpaired) electrons. The molecule has 0 aliphatic heterocycles. The van der Waals surface area contributed by atoms with Gasteiger partial charge >= 0.3 is 0 Å². The fourth-order valence-corrected chi connectivity index (χ4v) is 1.70. The molecule has 1 N–H and O–H groups in total. The van der Waals surface area contributed by atoms with E-state index < -0.39 is 0 Å². The Morgan fingerprint density at radius 1 is 1.05 bits per heavy atom. The highest BCUT2D eigenvalue weighted by molar-refractivity contribution is 5.77. The van der Waals surface area contributed by atoms with Crippen molar-refractivity contribution in [1.29, 1.82) is 0 Å². The van der Waals surface area contributed by atoms with Gasteiger partial charge in [-0.25, -0.2) is 0 Å². The van der Waals surface area contributed by atoms with Crippen molar-refractivity contribution in [3.05, 3.63) is 54.1 Å².